The van der Waals surface area contributed by atoms with Crippen LogP contribution in [0.5, 0.6) is 11.5 Å². The number of ether oxygens (including phenoxy) is 2. The highest BCUT2D eigenvalue weighted by molar-refractivity contribution is 9.10. The summed E-state index contributed by atoms with van der Waals surface area (Å²) in [5.41, 5.74) is 1.26. The fourth-order valence-corrected chi connectivity index (χ4v) is 3.81. The number of carbonyl (C=O) groups excluding carboxylic acids is 2. The van der Waals surface area contributed by atoms with Crippen LogP contribution in [-0.2, 0) is 11.3 Å². The summed E-state index contributed by atoms with van der Waals surface area (Å²) in [6.45, 7) is 1.93. The minimum Gasteiger partial charge on any atom is -0.481 e. The van der Waals surface area contributed by atoms with E-state index in [4.69, 9.17) is 13.9 Å². The quantitative estimate of drug-likeness (QED) is 0.213. The van der Waals surface area contributed by atoms with Crippen LogP contribution in [0.1, 0.15) is 21.5 Å². The van der Waals surface area contributed by atoms with Gasteiger partial charge in [0.25, 0.3) is 5.91 Å². The zero-order valence-corrected chi connectivity index (χ0v) is 19.8. The van der Waals surface area contributed by atoms with Crippen LogP contribution >= 0.6 is 15.9 Å². The van der Waals surface area contributed by atoms with E-state index in [0.717, 1.165) is 15.6 Å². The smallest absolute Gasteiger partial charge is 0.349 e. The molecule has 8 heteroatoms. The van der Waals surface area contributed by atoms with E-state index in [2.05, 4.69) is 21.2 Å². The highest BCUT2D eigenvalue weighted by Gasteiger charge is 2.15. The second-order valence-corrected chi connectivity index (χ2v) is 8.37. The maximum absolute atomic E-state index is 12.5. The second kappa shape index (κ2) is 10.4. The van der Waals surface area contributed by atoms with Gasteiger partial charge in [-0.05, 0) is 64.3 Å². The molecule has 0 bridgehead atoms. The van der Waals surface area contributed by atoms with E-state index in [1.54, 1.807) is 18.2 Å². The van der Waals surface area contributed by atoms with Gasteiger partial charge in [-0.2, -0.15) is 0 Å². The van der Waals surface area contributed by atoms with Gasteiger partial charge in [0.2, 0.25) is 0 Å². The molecule has 0 saturated heterocycles. The van der Waals surface area contributed by atoms with Crippen molar-refractivity contribution in [3.8, 4) is 11.5 Å². The summed E-state index contributed by atoms with van der Waals surface area (Å²) in [4.78, 5) is 37.0. The van der Waals surface area contributed by atoms with Crippen molar-refractivity contribution in [2.45, 2.75) is 13.5 Å². The van der Waals surface area contributed by atoms with Crippen LogP contribution in [0.4, 0.5) is 0 Å². The van der Waals surface area contributed by atoms with E-state index in [9.17, 15) is 14.4 Å². The van der Waals surface area contributed by atoms with Crippen molar-refractivity contribution in [2.24, 2.45) is 0 Å². The van der Waals surface area contributed by atoms with Crippen molar-refractivity contribution in [2.75, 3.05) is 6.61 Å². The van der Waals surface area contributed by atoms with Crippen LogP contribution in [0.15, 0.2) is 86.5 Å². The van der Waals surface area contributed by atoms with Crippen molar-refractivity contribution < 1.29 is 23.5 Å². The van der Waals surface area contributed by atoms with Gasteiger partial charge < -0.3 is 19.2 Å². The fraction of sp³-hybridized carbons (Fsp3) is 0.115. The van der Waals surface area contributed by atoms with Gasteiger partial charge in [-0.25, -0.2) is 9.59 Å². The first kappa shape index (κ1) is 23.3. The molecule has 34 heavy (non-hydrogen) atoms. The van der Waals surface area contributed by atoms with E-state index in [0.29, 0.717) is 11.1 Å². The number of fused-ring (bicyclic) bond motifs is 1. The topological polar surface area (TPSA) is 94.8 Å². The molecule has 0 atom stereocenters. The van der Waals surface area contributed by atoms with Gasteiger partial charge >= 0.3 is 11.6 Å². The largest absolute Gasteiger partial charge is 0.481 e. The number of aryl methyl sites for hydroxylation is 1. The van der Waals surface area contributed by atoms with Gasteiger partial charge in [-0.3, -0.25) is 4.79 Å². The maximum atomic E-state index is 12.5. The van der Waals surface area contributed by atoms with Crippen LogP contribution in [0.2, 0.25) is 0 Å². The van der Waals surface area contributed by atoms with Gasteiger partial charge in [0, 0.05) is 18.0 Å². The Morgan fingerprint density at radius 2 is 1.79 bits per heavy atom. The van der Waals surface area contributed by atoms with E-state index >= 15 is 0 Å². The molecule has 0 aliphatic heterocycles. The molecule has 0 aliphatic carbocycles. The number of carbonyl (C=O) groups is 2. The molecule has 0 radical (unpaired) electrons. The zero-order valence-electron chi connectivity index (χ0n) is 18.2. The molecule has 7 nitrogen and oxygen atoms in total. The van der Waals surface area contributed by atoms with Crippen LogP contribution in [0.3, 0.4) is 0 Å². The van der Waals surface area contributed by atoms with Gasteiger partial charge in [-0.15, -0.1) is 0 Å². The number of nitrogens with one attached hydrogen (secondary N) is 1. The number of hydrogen-bond acceptors (Lipinski definition) is 6. The molecule has 0 aliphatic rings. The van der Waals surface area contributed by atoms with Crippen molar-refractivity contribution in [3.63, 3.8) is 0 Å². The lowest BCUT2D eigenvalue weighted by Crippen LogP contribution is -2.27. The van der Waals surface area contributed by atoms with Gasteiger partial charge in [0.1, 0.15) is 22.6 Å². The summed E-state index contributed by atoms with van der Waals surface area (Å²) in [5, 5.41) is 3.22. The molecule has 3 aromatic carbocycles. The van der Waals surface area contributed by atoms with Crippen molar-refractivity contribution in [3.05, 3.63) is 104 Å². The maximum Gasteiger partial charge on any atom is 0.349 e. The summed E-state index contributed by atoms with van der Waals surface area (Å²) in [6.07, 6.45) is 0. The summed E-state index contributed by atoms with van der Waals surface area (Å²) in [7, 11) is 0. The Kier molecular flexibility index (Phi) is 7.08. The summed E-state index contributed by atoms with van der Waals surface area (Å²) >= 11 is 3.39. The first-order valence-corrected chi connectivity index (χ1v) is 11.2. The normalized spacial score (nSPS) is 10.6. The van der Waals surface area contributed by atoms with Crippen LogP contribution in [0.25, 0.3) is 11.0 Å². The summed E-state index contributed by atoms with van der Waals surface area (Å²) < 4.78 is 16.8. The van der Waals surface area contributed by atoms with Crippen LogP contribution in [-0.4, -0.2) is 18.5 Å². The van der Waals surface area contributed by atoms with Gasteiger partial charge in [0.15, 0.2) is 6.61 Å². The standard InChI is InChI=1S/C26H20BrNO6/c1-16-7-10-22(21(27)11-16)32-15-24(29)33-19-9-8-18-12-20(26(31)34-23(18)13-19)25(30)28-14-17-5-3-2-4-6-17/h2-13H,14-15H2,1H3,(H,28,30). The molecule has 1 N–H and O–H groups in total. The first-order valence-electron chi connectivity index (χ1n) is 10.4. The Labute approximate surface area is 203 Å². The van der Waals surface area contributed by atoms with Gasteiger partial charge in [0.05, 0.1) is 4.47 Å². The molecule has 0 unspecified atom stereocenters. The van der Waals surface area contributed by atoms with Crippen LogP contribution in [0, 0.1) is 6.92 Å². The van der Waals surface area contributed by atoms with Crippen molar-refractivity contribution in [1.29, 1.82) is 0 Å². The van der Waals surface area contributed by atoms with Crippen LogP contribution < -0.4 is 20.4 Å². The average Bonchev–Trinajstić information content (AvgIpc) is 2.82. The summed E-state index contributed by atoms with van der Waals surface area (Å²) in [6, 6.07) is 20.9. The number of halogens is 1. The minimum atomic E-state index is -0.783. The molecule has 1 amide bonds. The number of rotatable bonds is 7. The molecule has 1 heterocycles. The van der Waals surface area contributed by atoms with E-state index in [1.807, 2.05) is 49.4 Å². The molecular formula is C26H20BrNO6. The number of esters is 1. The Morgan fingerprint density at radius 3 is 2.56 bits per heavy atom. The average molecular weight is 522 g/mol. The third-order valence-electron chi connectivity index (χ3n) is 4.91. The van der Waals surface area contributed by atoms with E-state index in [-0.39, 0.29) is 30.0 Å². The SMILES string of the molecule is Cc1ccc(OCC(=O)Oc2ccc3cc(C(=O)NCc4ccccc4)c(=O)oc3c2)c(Br)c1. The Morgan fingerprint density at radius 1 is 1.00 bits per heavy atom. The second-order valence-electron chi connectivity index (χ2n) is 7.51. The molecule has 172 valence electrons. The fourth-order valence-electron chi connectivity index (χ4n) is 3.21. The number of hydrogen-bond donors (Lipinski definition) is 1. The molecule has 0 saturated carbocycles. The van der Waals surface area contributed by atoms with Crippen molar-refractivity contribution >= 4 is 38.8 Å². The monoisotopic (exact) mass is 521 g/mol. The molecule has 4 aromatic rings. The lowest BCUT2D eigenvalue weighted by atomic mass is 10.1. The summed E-state index contributed by atoms with van der Waals surface area (Å²) in [5.74, 6) is -0.445. The van der Waals surface area contributed by atoms with Gasteiger partial charge in [-0.1, -0.05) is 36.4 Å². The molecule has 1 aromatic heterocycles. The Hall–Kier alpha value is -3.91. The molecule has 0 fully saturated rings. The Balaban J connectivity index is 1.42. The third-order valence-corrected chi connectivity index (χ3v) is 5.53. The lowest BCUT2D eigenvalue weighted by Gasteiger charge is -2.09. The first-order chi connectivity index (χ1) is 16.4. The van der Waals surface area contributed by atoms with E-state index < -0.39 is 17.5 Å². The van der Waals surface area contributed by atoms with E-state index in [1.165, 1.54) is 12.1 Å². The number of amides is 1. The Bertz CT molecular complexity index is 1410. The zero-order chi connectivity index (χ0) is 24.1. The predicted molar refractivity (Wildman–Crippen MR) is 130 cm³/mol. The predicted octanol–water partition coefficient (Wildman–Crippen LogP) is 4.78. The highest BCUT2D eigenvalue weighted by Crippen LogP contribution is 2.26. The highest BCUT2D eigenvalue weighted by atomic mass is 79.9. The van der Waals surface area contributed by atoms with Crippen molar-refractivity contribution in [1.82, 2.24) is 5.32 Å². The lowest BCUT2D eigenvalue weighted by molar-refractivity contribution is -0.136. The molecule has 4 rings (SSSR count). The molecule has 0 spiro atoms. The molecular weight excluding hydrogens is 502 g/mol. The minimum absolute atomic E-state index is 0.106. The number of benzene rings is 3. The third kappa shape index (κ3) is 5.71.